The van der Waals surface area contributed by atoms with Gasteiger partial charge in [0.2, 0.25) is 11.8 Å². The van der Waals surface area contributed by atoms with Crippen molar-refractivity contribution in [3.63, 3.8) is 0 Å². The number of halogens is 1. The highest BCUT2D eigenvalue weighted by molar-refractivity contribution is 7.14. The Kier molecular flexibility index (Phi) is 5.03. The second-order valence-electron chi connectivity index (χ2n) is 6.75. The fraction of sp³-hybridized carbons (Fsp3) is 0.350. The van der Waals surface area contributed by atoms with E-state index in [1.807, 2.05) is 17.5 Å². The summed E-state index contributed by atoms with van der Waals surface area (Å²) >= 11 is 1.41. The first-order valence-corrected chi connectivity index (χ1v) is 9.96. The Balaban J connectivity index is 1.38. The van der Waals surface area contributed by atoms with Crippen molar-refractivity contribution in [1.82, 2.24) is 9.88 Å². The van der Waals surface area contributed by atoms with Crippen LogP contribution in [0.3, 0.4) is 0 Å². The molecule has 0 unspecified atom stereocenters. The molecule has 0 radical (unpaired) electrons. The van der Waals surface area contributed by atoms with Gasteiger partial charge in [0, 0.05) is 37.0 Å². The highest BCUT2D eigenvalue weighted by atomic mass is 32.1. The quantitative estimate of drug-likeness (QED) is 0.812. The van der Waals surface area contributed by atoms with Crippen molar-refractivity contribution < 1.29 is 14.0 Å². The zero-order chi connectivity index (χ0) is 18.8. The van der Waals surface area contributed by atoms with Gasteiger partial charge >= 0.3 is 0 Å². The zero-order valence-electron chi connectivity index (χ0n) is 14.9. The number of rotatable bonds is 4. The van der Waals surface area contributed by atoms with E-state index >= 15 is 0 Å². The maximum atomic E-state index is 13.9. The molecule has 2 aromatic rings. The van der Waals surface area contributed by atoms with Crippen LogP contribution in [-0.2, 0) is 16.0 Å². The number of anilines is 1. The van der Waals surface area contributed by atoms with Gasteiger partial charge in [-0.3, -0.25) is 14.5 Å². The third-order valence-electron chi connectivity index (χ3n) is 4.96. The van der Waals surface area contributed by atoms with Gasteiger partial charge < -0.3 is 4.90 Å². The third-order valence-corrected chi connectivity index (χ3v) is 5.87. The predicted octanol–water partition coefficient (Wildman–Crippen LogP) is 3.27. The van der Waals surface area contributed by atoms with E-state index in [2.05, 4.69) is 4.98 Å². The summed E-state index contributed by atoms with van der Waals surface area (Å²) in [6, 6.07) is 6.73. The molecule has 1 aromatic heterocycles. The molecule has 2 aliphatic heterocycles. The minimum atomic E-state index is -0.227. The first-order chi connectivity index (χ1) is 13.1. The van der Waals surface area contributed by atoms with Crippen LogP contribution in [0.2, 0.25) is 0 Å². The standard InChI is InChI=1S/C20H20FN3O2S/c21-17-5-2-1-4-16(17)14-7-10-23(11-8-14)19(26)12-15-13-27-20(22-15)24-9-3-6-18(24)25/h1-2,4-5,7,13H,3,6,8-12H2. The first kappa shape index (κ1) is 17.9. The second kappa shape index (κ2) is 7.60. The van der Waals surface area contributed by atoms with E-state index in [1.165, 1.54) is 17.4 Å². The molecule has 0 N–H and O–H groups in total. The number of thiazole rings is 1. The maximum absolute atomic E-state index is 13.9. The zero-order valence-corrected chi connectivity index (χ0v) is 15.7. The van der Waals surface area contributed by atoms with E-state index in [0.717, 1.165) is 12.0 Å². The molecular formula is C20H20FN3O2S. The minimum absolute atomic E-state index is 0.00318. The molecule has 0 saturated carbocycles. The Bertz CT molecular complexity index is 908. The summed E-state index contributed by atoms with van der Waals surface area (Å²) in [5.41, 5.74) is 2.26. The van der Waals surface area contributed by atoms with Crippen molar-refractivity contribution in [3.05, 3.63) is 52.8 Å². The second-order valence-corrected chi connectivity index (χ2v) is 7.58. The Morgan fingerprint density at radius 2 is 2.07 bits per heavy atom. The van der Waals surface area contributed by atoms with Crippen LogP contribution < -0.4 is 4.90 Å². The lowest BCUT2D eigenvalue weighted by molar-refractivity contribution is -0.130. The van der Waals surface area contributed by atoms with Gasteiger partial charge in [-0.2, -0.15) is 0 Å². The van der Waals surface area contributed by atoms with E-state index in [4.69, 9.17) is 0 Å². The molecule has 1 fully saturated rings. The number of hydrogen-bond acceptors (Lipinski definition) is 4. The number of aromatic nitrogens is 1. The van der Waals surface area contributed by atoms with Gasteiger partial charge in [0.25, 0.3) is 0 Å². The van der Waals surface area contributed by atoms with Crippen LogP contribution in [-0.4, -0.2) is 41.3 Å². The number of carbonyl (C=O) groups excluding carboxylic acids is 2. The molecule has 5 nitrogen and oxygen atoms in total. The van der Waals surface area contributed by atoms with Crippen molar-refractivity contribution in [3.8, 4) is 0 Å². The van der Waals surface area contributed by atoms with Crippen LogP contribution in [0.1, 0.15) is 30.5 Å². The SMILES string of the molecule is O=C(Cc1csc(N2CCCC2=O)n1)N1CC=C(c2ccccc2F)CC1. The summed E-state index contributed by atoms with van der Waals surface area (Å²) in [5.74, 6) is -0.123. The minimum Gasteiger partial charge on any atom is -0.338 e. The van der Waals surface area contributed by atoms with E-state index < -0.39 is 0 Å². The number of nitrogens with zero attached hydrogens (tertiary/aromatic N) is 3. The lowest BCUT2D eigenvalue weighted by atomic mass is 9.99. The summed E-state index contributed by atoms with van der Waals surface area (Å²) in [7, 11) is 0. The van der Waals surface area contributed by atoms with Crippen molar-refractivity contribution >= 4 is 33.9 Å². The van der Waals surface area contributed by atoms with Crippen molar-refractivity contribution in [2.75, 3.05) is 24.5 Å². The average Bonchev–Trinajstić information content (AvgIpc) is 3.31. The van der Waals surface area contributed by atoms with Crippen LogP contribution in [0.4, 0.5) is 9.52 Å². The molecule has 0 spiro atoms. The van der Waals surface area contributed by atoms with Crippen LogP contribution in [0.25, 0.3) is 5.57 Å². The van der Waals surface area contributed by atoms with Gasteiger partial charge in [-0.25, -0.2) is 9.37 Å². The summed E-state index contributed by atoms with van der Waals surface area (Å²) in [6.07, 6.45) is 4.21. The number of benzene rings is 1. The average molecular weight is 385 g/mol. The highest BCUT2D eigenvalue weighted by Crippen LogP contribution is 2.27. The number of carbonyl (C=O) groups is 2. The highest BCUT2D eigenvalue weighted by Gasteiger charge is 2.25. The molecule has 140 valence electrons. The Morgan fingerprint density at radius 3 is 2.78 bits per heavy atom. The monoisotopic (exact) mass is 385 g/mol. The molecule has 1 saturated heterocycles. The molecule has 27 heavy (non-hydrogen) atoms. The van der Waals surface area contributed by atoms with Crippen LogP contribution in [0, 0.1) is 5.82 Å². The van der Waals surface area contributed by atoms with Gasteiger partial charge in [-0.05, 0) is 24.5 Å². The first-order valence-electron chi connectivity index (χ1n) is 9.08. The van der Waals surface area contributed by atoms with Gasteiger partial charge in [0.15, 0.2) is 5.13 Å². The fourth-order valence-corrected chi connectivity index (χ4v) is 4.35. The van der Waals surface area contributed by atoms with E-state index in [0.29, 0.717) is 48.9 Å². The Morgan fingerprint density at radius 1 is 1.22 bits per heavy atom. The topological polar surface area (TPSA) is 53.5 Å². The third kappa shape index (κ3) is 3.78. The smallest absolute Gasteiger partial charge is 0.228 e. The maximum Gasteiger partial charge on any atom is 0.228 e. The van der Waals surface area contributed by atoms with Gasteiger partial charge in [0.1, 0.15) is 5.82 Å². The van der Waals surface area contributed by atoms with Gasteiger partial charge in [-0.1, -0.05) is 24.3 Å². The lowest BCUT2D eigenvalue weighted by Crippen LogP contribution is -2.35. The predicted molar refractivity (Wildman–Crippen MR) is 103 cm³/mol. The lowest BCUT2D eigenvalue weighted by Gasteiger charge is -2.26. The molecule has 2 amide bonds. The Labute approximate surface area is 161 Å². The van der Waals surface area contributed by atoms with Crippen molar-refractivity contribution in [2.45, 2.75) is 25.7 Å². The summed E-state index contributed by atoms with van der Waals surface area (Å²) in [4.78, 5) is 32.3. The van der Waals surface area contributed by atoms with Crippen LogP contribution in [0.15, 0.2) is 35.7 Å². The molecule has 4 rings (SSSR count). The normalized spacial score (nSPS) is 17.4. The van der Waals surface area contributed by atoms with Gasteiger partial charge in [-0.15, -0.1) is 11.3 Å². The largest absolute Gasteiger partial charge is 0.338 e. The number of hydrogen-bond donors (Lipinski definition) is 0. The van der Waals surface area contributed by atoms with E-state index in [1.54, 1.807) is 21.9 Å². The molecule has 1 aromatic carbocycles. The summed E-state index contributed by atoms with van der Waals surface area (Å²) in [5, 5.41) is 2.53. The Hall–Kier alpha value is -2.54. The van der Waals surface area contributed by atoms with E-state index in [-0.39, 0.29) is 24.1 Å². The van der Waals surface area contributed by atoms with Gasteiger partial charge in [0.05, 0.1) is 12.1 Å². The molecule has 2 aliphatic rings. The number of amides is 2. The summed E-state index contributed by atoms with van der Waals surface area (Å²) < 4.78 is 13.9. The van der Waals surface area contributed by atoms with Crippen molar-refractivity contribution in [1.29, 1.82) is 0 Å². The molecule has 0 atom stereocenters. The molecular weight excluding hydrogens is 365 g/mol. The molecule has 0 aliphatic carbocycles. The van der Waals surface area contributed by atoms with E-state index in [9.17, 15) is 14.0 Å². The van der Waals surface area contributed by atoms with Crippen LogP contribution >= 0.6 is 11.3 Å². The molecule has 7 heteroatoms. The molecule has 3 heterocycles. The van der Waals surface area contributed by atoms with Crippen LogP contribution in [0.5, 0.6) is 0 Å². The molecule has 0 bridgehead atoms. The summed E-state index contributed by atoms with van der Waals surface area (Å²) in [6.45, 7) is 1.75. The fourth-order valence-electron chi connectivity index (χ4n) is 3.48. The van der Waals surface area contributed by atoms with Crippen molar-refractivity contribution in [2.24, 2.45) is 0 Å².